The first-order valence-electron chi connectivity index (χ1n) is 6.90. The Hall–Kier alpha value is -0.430. The van der Waals surface area contributed by atoms with Crippen LogP contribution in [-0.4, -0.2) is 37.1 Å². The van der Waals surface area contributed by atoms with Gasteiger partial charge < -0.3 is 5.32 Å². The Balaban J connectivity index is 1.60. The van der Waals surface area contributed by atoms with Gasteiger partial charge in [0.1, 0.15) is 0 Å². The molecule has 0 unspecified atom stereocenters. The van der Waals surface area contributed by atoms with Crippen molar-refractivity contribution in [3.8, 4) is 0 Å². The molecule has 3 rings (SSSR count). The van der Waals surface area contributed by atoms with E-state index in [1.807, 2.05) is 17.5 Å². The lowest BCUT2D eigenvalue weighted by Crippen LogP contribution is -2.37. The van der Waals surface area contributed by atoms with E-state index >= 15 is 0 Å². The average Bonchev–Trinajstić information content (AvgIpc) is 3.28. The quantitative estimate of drug-likeness (QED) is 0.796. The summed E-state index contributed by atoms with van der Waals surface area (Å²) in [4.78, 5) is 1.13. The van der Waals surface area contributed by atoms with E-state index in [-0.39, 0.29) is 11.8 Å². The van der Waals surface area contributed by atoms with Crippen LogP contribution in [0.5, 0.6) is 0 Å². The third-order valence-electron chi connectivity index (χ3n) is 3.57. The first-order chi connectivity index (χ1) is 9.15. The van der Waals surface area contributed by atoms with Crippen molar-refractivity contribution >= 4 is 21.4 Å². The molecule has 2 aliphatic carbocycles. The second-order valence-electron chi connectivity index (χ2n) is 5.40. The number of rotatable bonds is 8. The maximum atomic E-state index is 12.4. The molecule has 2 saturated carbocycles. The van der Waals surface area contributed by atoms with Crippen molar-refractivity contribution in [3.05, 3.63) is 22.4 Å². The fourth-order valence-corrected chi connectivity index (χ4v) is 4.57. The van der Waals surface area contributed by atoms with Gasteiger partial charge in [-0.15, -0.1) is 11.3 Å². The number of sulfonamides is 1. The fourth-order valence-electron chi connectivity index (χ4n) is 2.17. The van der Waals surface area contributed by atoms with Gasteiger partial charge >= 0.3 is 0 Å². The molecule has 0 spiro atoms. The van der Waals surface area contributed by atoms with Crippen molar-refractivity contribution in [3.63, 3.8) is 0 Å². The first-order valence-corrected chi connectivity index (χ1v) is 9.39. The molecule has 6 heteroatoms. The average molecular weight is 300 g/mol. The van der Waals surface area contributed by atoms with E-state index in [1.54, 1.807) is 15.6 Å². The summed E-state index contributed by atoms with van der Waals surface area (Å²) in [6.07, 6.45) is 4.42. The molecule has 0 amide bonds. The van der Waals surface area contributed by atoms with Crippen LogP contribution in [0.25, 0.3) is 0 Å². The molecule has 2 fully saturated rings. The number of nitrogens with one attached hydrogen (secondary N) is 1. The van der Waals surface area contributed by atoms with E-state index in [9.17, 15) is 8.42 Å². The first kappa shape index (κ1) is 13.5. The minimum absolute atomic E-state index is 0.228. The summed E-state index contributed by atoms with van der Waals surface area (Å²) in [7, 11) is -3.13. The van der Waals surface area contributed by atoms with Crippen LogP contribution < -0.4 is 5.32 Å². The van der Waals surface area contributed by atoms with Crippen LogP contribution >= 0.6 is 11.3 Å². The number of nitrogens with zero attached hydrogens (tertiary/aromatic N) is 1. The molecule has 4 nitrogen and oxygen atoms in total. The van der Waals surface area contributed by atoms with E-state index in [4.69, 9.17) is 0 Å². The molecular formula is C13H20N2O2S2. The zero-order valence-corrected chi connectivity index (χ0v) is 12.5. The molecule has 0 saturated heterocycles. The van der Waals surface area contributed by atoms with Gasteiger partial charge in [-0.05, 0) is 37.1 Å². The second kappa shape index (κ2) is 5.52. The highest BCUT2D eigenvalue weighted by Gasteiger charge is 2.37. The van der Waals surface area contributed by atoms with Gasteiger partial charge in [0.15, 0.2) is 0 Å². The zero-order chi connectivity index (χ0) is 13.3. The van der Waals surface area contributed by atoms with Crippen molar-refractivity contribution in [2.75, 3.05) is 12.3 Å². The molecule has 0 aromatic carbocycles. The van der Waals surface area contributed by atoms with E-state index < -0.39 is 10.0 Å². The van der Waals surface area contributed by atoms with Gasteiger partial charge in [-0.25, -0.2) is 8.42 Å². The topological polar surface area (TPSA) is 49.4 Å². The molecule has 0 aliphatic heterocycles. The number of hydrogen-bond acceptors (Lipinski definition) is 4. The summed E-state index contributed by atoms with van der Waals surface area (Å²) in [6, 6.07) is 4.81. The molecule has 19 heavy (non-hydrogen) atoms. The Morgan fingerprint density at radius 2 is 2.11 bits per heavy atom. The standard InChI is InChI=1S/C13H20N2O2S2/c16-19(17,9-7-14-11-3-4-11)15(12-5-6-12)10-13-2-1-8-18-13/h1-2,8,11-12,14H,3-7,9-10H2. The summed E-state index contributed by atoms with van der Waals surface area (Å²) < 4.78 is 26.6. The summed E-state index contributed by atoms with van der Waals surface area (Å²) in [5.74, 6) is 0.228. The van der Waals surface area contributed by atoms with Crippen LogP contribution in [0.1, 0.15) is 30.6 Å². The van der Waals surface area contributed by atoms with Crippen LogP contribution in [0.2, 0.25) is 0 Å². The van der Waals surface area contributed by atoms with E-state index in [0.717, 1.165) is 17.7 Å². The van der Waals surface area contributed by atoms with Crippen LogP contribution in [0.3, 0.4) is 0 Å². The fraction of sp³-hybridized carbons (Fsp3) is 0.692. The van der Waals surface area contributed by atoms with Crippen LogP contribution in [0.4, 0.5) is 0 Å². The van der Waals surface area contributed by atoms with Crippen molar-refractivity contribution in [2.24, 2.45) is 0 Å². The Morgan fingerprint density at radius 1 is 1.32 bits per heavy atom. The molecule has 1 aromatic rings. The molecule has 1 aromatic heterocycles. The van der Waals surface area contributed by atoms with Crippen LogP contribution in [0.15, 0.2) is 17.5 Å². The number of thiophene rings is 1. The predicted molar refractivity (Wildman–Crippen MR) is 77.7 cm³/mol. The molecule has 0 bridgehead atoms. The largest absolute Gasteiger partial charge is 0.313 e. The zero-order valence-electron chi connectivity index (χ0n) is 10.9. The number of hydrogen-bond donors (Lipinski definition) is 1. The van der Waals surface area contributed by atoms with Gasteiger partial charge in [0.05, 0.1) is 5.75 Å². The lowest BCUT2D eigenvalue weighted by Gasteiger charge is -2.21. The maximum absolute atomic E-state index is 12.4. The van der Waals surface area contributed by atoms with Gasteiger partial charge in [-0.3, -0.25) is 0 Å². The van der Waals surface area contributed by atoms with Crippen molar-refractivity contribution < 1.29 is 8.42 Å². The third kappa shape index (κ3) is 3.78. The Labute approximate surface area is 118 Å². The summed E-state index contributed by atoms with van der Waals surface area (Å²) in [6.45, 7) is 1.13. The van der Waals surface area contributed by atoms with Gasteiger partial charge in [-0.2, -0.15) is 4.31 Å². The highest BCUT2D eigenvalue weighted by atomic mass is 32.2. The predicted octanol–water partition coefficient (Wildman–Crippen LogP) is 1.79. The minimum atomic E-state index is -3.13. The Bertz CT molecular complexity index is 505. The summed E-state index contributed by atoms with van der Waals surface area (Å²) >= 11 is 1.63. The third-order valence-corrected chi connectivity index (χ3v) is 6.30. The Morgan fingerprint density at radius 3 is 2.68 bits per heavy atom. The van der Waals surface area contributed by atoms with E-state index in [1.165, 1.54) is 12.8 Å². The lowest BCUT2D eigenvalue weighted by atomic mass is 10.4. The summed E-state index contributed by atoms with van der Waals surface area (Å²) in [5, 5.41) is 5.28. The normalized spacial score (nSPS) is 20.1. The van der Waals surface area contributed by atoms with E-state index in [0.29, 0.717) is 19.1 Å². The van der Waals surface area contributed by atoms with Crippen molar-refractivity contribution in [1.82, 2.24) is 9.62 Å². The highest BCUT2D eigenvalue weighted by Crippen LogP contribution is 2.31. The molecular weight excluding hydrogens is 280 g/mol. The smallest absolute Gasteiger partial charge is 0.215 e. The molecule has 0 atom stereocenters. The molecule has 106 valence electrons. The molecule has 1 heterocycles. The molecule has 0 radical (unpaired) electrons. The monoisotopic (exact) mass is 300 g/mol. The lowest BCUT2D eigenvalue weighted by molar-refractivity contribution is 0.400. The van der Waals surface area contributed by atoms with Crippen molar-refractivity contribution in [2.45, 2.75) is 44.3 Å². The molecule has 1 N–H and O–H groups in total. The van der Waals surface area contributed by atoms with Gasteiger partial charge in [0.25, 0.3) is 0 Å². The van der Waals surface area contributed by atoms with Crippen LogP contribution in [0, 0.1) is 0 Å². The van der Waals surface area contributed by atoms with E-state index in [2.05, 4.69) is 5.32 Å². The Kier molecular flexibility index (Phi) is 3.93. The van der Waals surface area contributed by atoms with Gasteiger partial charge in [-0.1, -0.05) is 6.07 Å². The minimum Gasteiger partial charge on any atom is -0.313 e. The van der Waals surface area contributed by atoms with Gasteiger partial charge in [0, 0.05) is 30.1 Å². The van der Waals surface area contributed by atoms with Gasteiger partial charge in [0.2, 0.25) is 10.0 Å². The van der Waals surface area contributed by atoms with Crippen LogP contribution in [-0.2, 0) is 16.6 Å². The maximum Gasteiger partial charge on any atom is 0.215 e. The van der Waals surface area contributed by atoms with Crippen molar-refractivity contribution in [1.29, 1.82) is 0 Å². The molecule has 2 aliphatic rings. The SMILES string of the molecule is O=S(=O)(CCNC1CC1)N(Cc1cccs1)C1CC1. The highest BCUT2D eigenvalue weighted by molar-refractivity contribution is 7.89. The second-order valence-corrected chi connectivity index (χ2v) is 8.47. The summed E-state index contributed by atoms with van der Waals surface area (Å²) in [5.41, 5.74) is 0.